The highest BCUT2D eigenvalue weighted by Crippen LogP contribution is 2.31. The number of aliphatic hydroxyl groups is 2. The van der Waals surface area contributed by atoms with E-state index in [2.05, 4.69) is 13.2 Å². The van der Waals surface area contributed by atoms with Crippen LogP contribution in [0.15, 0.2) is 86.0 Å². The summed E-state index contributed by atoms with van der Waals surface area (Å²) in [6.07, 6.45) is -2.22. The van der Waals surface area contributed by atoms with Gasteiger partial charge in [-0.25, -0.2) is 0 Å². The lowest BCUT2D eigenvalue weighted by molar-refractivity contribution is -0.266. The van der Waals surface area contributed by atoms with Crippen molar-refractivity contribution in [3.8, 4) is 0 Å². The molecule has 0 aliphatic heterocycles. The number of aliphatic hydroxyl groups excluding tert-OH is 2. The quantitative estimate of drug-likeness (QED) is 0.494. The van der Waals surface area contributed by atoms with Gasteiger partial charge in [0.25, 0.3) is 0 Å². The number of benzene rings is 2. The molecule has 3 rings (SSSR count). The molecule has 1 fully saturated rings. The fraction of sp³-hybridized carbons (Fsp3) is 0.385. The number of ether oxygens (including phenoxy) is 4. The van der Waals surface area contributed by atoms with E-state index in [1.54, 1.807) is 12.2 Å². The molecule has 32 heavy (non-hydrogen) atoms. The molecule has 0 bridgehead atoms. The predicted octanol–water partition coefficient (Wildman–Crippen LogP) is 3.04. The highest BCUT2D eigenvalue weighted by molar-refractivity contribution is 5.15. The van der Waals surface area contributed by atoms with Crippen LogP contribution in [0.5, 0.6) is 0 Å². The van der Waals surface area contributed by atoms with Gasteiger partial charge >= 0.3 is 0 Å². The topological polar surface area (TPSA) is 77.4 Å². The summed E-state index contributed by atoms with van der Waals surface area (Å²) in [6.45, 7) is 8.41. The van der Waals surface area contributed by atoms with E-state index in [0.29, 0.717) is 0 Å². The van der Waals surface area contributed by atoms with Gasteiger partial charge in [0.05, 0.1) is 26.4 Å². The van der Waals surface area contributed by atoms with Crippen molar-refractivity contribution in [1.82, 2.24) is 0 Å². The van der Waals surface area contributed by atoms with Gasteiger partial charge in [-0.15, -0.1) is 13.2 Å². The van der Waals surface area contributed by atoms with Crippen LogP contribution in [0.3, 0.4) is 0 Å². The Bertz CT molecular complexity index is 742. The SMILES string of the molecule is C=CCO[C@H]1[C@H](OCC=C)[C@@H](OCc2ccccc2)[C@@H](O)[C@H](O)[C@@H]1OCc1ccccc1. The fourth-order valence-electron chi connectivity index (χ4n) is 3.81. The summed E-state index contributed by atoms with van der Waals surface area (Å²) in [5, 5.41) is 21.9. The van der Waals surface area contributed by atoms with Gasteiger partial charge in [-0.05, 0) is 11.1 Å². The van der Waals surface area contributed by atoms with E-state index in [-0.39, 0.29) is 26.4 Å². The third kappa shape index (κ3) is 6.36. The number of rotatable bonds is 12. The smallest absolute Gasteiger partial charge is 0.115 e. The summed E-state index contributed by atoms with van der Waals surface area (Å²) in [7, 11) is 0. The van der Waals surface area contributed by atoms with E-state index in [4.69, 9.17) is 18.9 Å². The van der Waals surface area contributed by atoms with Crippen LogP contribution in [0.4, 0.5) is 0 Å². The summed E-state index contributed by atoms with van der Waals surface area (Å²) in [5.74, 6) is 0. The zero-order valence-corrected chi connectivity index (χ0v) is 18.2. The summed E-state index contributed by atoms with van der Waals surface area (Å²) in [5.41, 5.74) is 1.89. The Balaban J connectivity index is 1.81. The number of hydrogen-bond donors (Lipinski definition) is 2. The predicted molar refractivity (Wildman–Crippen MR) is 122 cm³/mol. The summed E-state index contributed by atoms with van der Waals surface area (Å²) < 4.78 is 24.1. The summed E-state index contributed by atoms with van der Waals surface area (Å²) in [6, 6.07) is 19.2. The number of hydrogen-bond acceptors (Lipinski definition) is 6. The van der Waals surface area contributed by atoms with Gasteiger partial charge in [0.15, 0.2) is 0 Å². The van der Waals surface area contributed by atoms with E-state index < -0.39 is 36.6 Å². The Labute approximate surface area is 189 Å². The summed E-state index contributed by atoms with van der Waals surface area (Å²) in [4.78, 5) is 0. The second kappa shape index (κ2) is 12.6. The summed E-state index contributed by atoms with van der Waals surface area (Å²) >= 11 is 0. The standard InChI is InChI=1S/C26H32O6/c1-3-15-29-25-23(31-17-19-11-7-5-8-12-19)21(27)22(28)24(26(25)30-16-4-2)32-18-20-13-9-6-10-14-20/h3-14,21-28H,1-2,15-18H2/t21-,22-,23-,24-,25+,26+/m0/s1. The minimum atomic E-state index is -1.22. The minimum Gasteiger partial charge on any atom is -0.387 e. The first kappa shape index (κ1) is 24.3. The van der Waals surface area contributed by atoms with Crippen molar-refractivity contribution in [3.63, 3.8) is 0 Å². The normalized spacial score (nSPS) is 27.7. The Hall–Kier alpha value is -2.32. The van der Waals surface area contributed by atoms with Gasteiger partial charge in [0.2, 0.25) is 0 Å². The second-order valence-electron chi connectivity index (χ2n) is 7.68. The molecule has 2 aromatic rings. The molecule has 2 aromatic carbocycles. The van der Waals surface area contributed by atoms with Crippen molar-refractivity contribution in [1.29, 1.82) is 0 Å². The maximum absolute atomic E-state index is 11.0. The largest absolute Gasteiger partial charge is 0.387 e. The van der Waals surface area contributed by atoms with Crippen molar-refractivity contribution in [2.24, 2.45) is 0 Å². The average Bonchev–Trinajstić information content (AvgIpc) is 2.83. The molecule has 0 radical (unpaired) electrons. The first-order chi connectivity index (χ1) is 15.7. The molecule has 1 saturated carbocycles. The zero-order chi connectivity index (χ0) is 22.8. The van der Waals surface area contributed by atoms with Crippen LogP contribution in [-0.2, 0) is 32.2 Å². The van der Waals surface area contributed by atoms with Gasteiger partial charge in [-0.3, -0.25) is 0 Å². The van der Waals surface area contributed by atoms with E-state index in [9.17, 15) is 10.2 Å². The van der Waals surface area contributed by atoms with Crippen molar-refractivity contribution < 1.29 is 29.2 Å². The van der Waals surface area contributed by atoms with E-state index in [1.807, 2.05) is 60.7 Å². The lowest BCUT2D eigenvalue weighted by Crippen LogP contribution is -2.66. The van der Waals surface area contributed by atoms with Gasteiger partial charge in [0.1, 0.15) is 36.6 Å². The van der Waals surface area contributed by atoms with Gasteiger partial charge in [-0.1, -0.05) is 72.8 Å². The monoisotopic (exact) mass is 440 g/mol. The molecule has 0 saturated heterocycles. The minimum absolute atomic E-state index is 0.234. The van der Waals surface area contributed by atoms with Gasteiger partial charge in [-0.2, -0.15) is 0 Å². The van der Waals surface area contributed by atoms with Crippen LogP contribution in [0.2, 0.25) is 0 Å². The van der Waals surface area contributed by atoms with Crippen LogP contribution in [-0.4, -0.2) is 60.1 Å². The van der Waals surface area contributed by atoms with Crippen molar-refractivity contribution >= 4 is 0 Å². The molecule has 172 valence electrons. The maximum Gasteiger partial charge on any atom is 0.115 e. The van der Waals surface area contributed by atoms with Crippen LogP contribution in [0.25, 0.3) is 0 Å². The van der Waals surface area contributed by atoms with Crippen molar-refractivity contribution in [3.05, 3.63) is 97.1 Å². The van der Waals surface area contributed by atoms with Crippen LogP contribution < -0.4 is 0 Å². The van der Waals surface area contributed by atoms with E-state index in [0.717, 1.165) is 11.1 Å². The molecule has 0 unspecified atom stereocenters. The highest BCUT2D eigenvalue weighted by Gasteiger charge is 2.52. The van der Waals surface area contributed by atoms with E-state index in [1.165, 1.54) is 0 Å². The molecule has 1 aliphatic rings. The first-order valence-corrected chi connectivity index (χ1v) is 10.8. The van der Waals surface area contributed by atoms with Gasteiger partial charge in [0, 0.05) is 0 Å². The highest BCUT2D eigenvalue weighted by atomic mass is 16.6. The Kier molecular flexibility index (Phi) is 9.62. The third-order valence-corrected chi connectivity index (χ3v) is 5.38. The Morgan fingerprint density at radius 3 is 1.31 bits per heavy atom. The third-order valence-electron chi connectivity index (χ3n) is 5.38. The fourth-order valence-corrected chi connectivity index (χ4v) is 3.81. The first-order valence-electron chi connectivity index (χ1n) is 10.8. The molecule has 0 heterocycles. The van der Waals surface area contributed by atoms with Crippen LogP contribution in [0.1, 0.15) is 11.1 Å². The Morgan fingerprint density at radius 1 is 0.594 bits per heavy atom. The Morgan fingerprint density at radius 2 is 0.969 bits per heavy atom. The molecule has 6 nitrogen and oxygen atoms in total. The lowest BCUT2D eigenvalue weighted by atomic mass is 9.84. The molecule has 2 N–H and O–H groups in total. The second-order valence-corrected chi connectivity index (χ2v) is 7.68. The van der Waals surface area contributed by atoms with Crippen LogP contribution >= 0.6 is 0 Å². The average molecular weight is 441 g/mol. The lowest BCUT2D eigenvalue weighted by Gasteiger charge is -2.46. The molecule has 1 aliphatic carbocycles. The van der Waals surface area contributed by atoms with Crippen molar-refractivity contribution in [2.75, 3.05) is 13.2 Å². The van der Waals surface area contributed by atoms with Crippen LogP contribution in [0, 0.1) is 0 Å². The molecular weight excluding hydrogens is 408 g/mol. The molecule has 0 spiro atoms. The molecular formula is C26H32O6. The van der Waals surface area contributed by atoms with Crippen molar-refractivity contribution in [2.45, 2.75) is 49.8 Å². The van der Waals surface area contributed by atoms with E-state index >= 15 is 0 Å². The molecule has 0 amide bonds. The zero-order valence-electron chi connectivity index (χ0n) is 18.2. The molecule has 6 heteroatoms. The molecule has 6 atom stereocenters. The molecule has 0 aromatic heterocycles. The van der Waals surface area contributed by atoms with Gasteiger partial charge < -0.3 is 29.2 Å². The maximum atomic E-state index is 11.0.